The summed E-state index contributed by atoms with van der Waals surface area (Å²) in [5.74, 6) is 1.17. The lowest BCUT2D eigenvalue weighted by Gasteiger charge is -2.16. The molecular formula is C13H11NO2. The molecule has 0 saturated heterocycles. The minimum Gasteiger partial charge on any atom is -0.508 e. The van der Waals surface area contributed by atoms with Crippen LogP contribution >= 0.6 is 0 Å². The molecule has 0 saturated carbocycles. The van der Waals surface area contributed by atoms with Crippen LogP contribution in [0.5, 0.6) is 11.5 Å². The molecule has 3 heteroatoms. The lowest BCUT2D eigenvalue weighted by molar-refractivity contribution is 0.357. The number of hydrogen-bond acceptors (Lipinski definition) is 3. The molecule has 16 heavy (non-hydrogen) atoms. The number of fused-ring (bicyclic) bond motifs is 1. The van der Waals surface area contributed by atoms with Gasteiger partial charge in [0.15, 0.2) is 6.73 Å². The van der Waals surface area contributed by atoms with E-state index in [1.807, 2.05) is 36.4 Å². The number of phenolic OH excluding ortho intramolecular Hbond substituents is 1. The fourth-order valence-electron chi connectivity index (χ4n) is 1.85. The number of benzene rings is 2. The quantitative estimate of drug-likeness (QED) is 0.790. The second kappa shape index (κ2) is 3.45. The monoisotopic (exact) mass is 213 g/mol. The molecule has 0 aliphatic carbocycles. The van der Waals surface area contributed by atoms with Crippen molar-refractivity contribution in [3.05, 3.63) is 48.5 Å². The van der Waals surface area contributed by atoms with Crippen LogP contribution in [0.1, 0.15) is 0 Å². The number of rotatable bonds is 1. The smallest absolute Gasteiger partial charge is 0.165 e. The van der Waals surface area contributed by atoms with E-state index < -0.39 is 0 Å². The maximum atomic E-state index is 9.24. The number of nitrogens with zero attached hydrogens (tertiary/aromatic N) is 1. The van der Waals surface area contributed by atoms with E-state index >= 15 is 0 Å². The summed E-state index contributed by atoms with van der Waals surface area (Å²) in [6.45, 7) is 0.518. The first-order chi connectivity index (χ1) is 7.84. The van der Waals surface area contributed by atoms with E-state index in [4.69, 9.17) is 4.74 Å². The van der Waals surface area contributed by atoms with Crippen LogP contribution in [0.15, 0.2) is 48.5 Å². The highest BCUT2D eigenvalue weighted by Crippen LogP contribution is 2.38. The molecule has 1 aliphatic rings. The summed E-state index contributed by atoms with van der Waals surface area (Å²) < 4.78 is 5.56. The Morgan fingerprint density at radius 1 is 1.00 bits per heavy atom. The number of phenols is 1. The van der Waals surface area contributed by atoms with Crippen LogP contribution in [0.2, 0.25) is 0 Å². The number of anilines is 2. The molecule has 2 aromatic rings. The fraction of sp³-hybridized carbons (Fsp3) is 0.0769. The molecule has 0 atom stereocenters. The third-order valence-corrected chi connectivity index (χ3v) is 2.67. The van der Waals surface area contributed by atoms with Gasteiger partial charge < -0.3 is 14.7 Å². The first-order valence-corrected chi connectivity index (χ1v) is 5.13. The van der Waals surface area contributed by atoms with Gasteiger partial charge in [-0.3, -0.25) is 0 Å². The zero-order chi connectivity index (χ0) is 11.0. The molecule has 1 aliphatic heterocycles. The predicted octanol–water partition coefficient (Wildman–Crippen LogP) is 2.88. The minimum atomic E-state index is 0.275. The summed E-state index contributed by atoms with van der Waals surface area (Å²) in [6.07, 6.45) is 0. The second-order valence-corrected chi connectivity index (χ2v) is 3.69. The Morgan fingerprint density at radius 3 is 2.56 bits per heavy atom. The largest absolute Gasteiger partial charge is 0.508 e. The standard InChI is InChI=1S/C13H11NO2/c15-11-7-5-10(6-8-11)14-9-16-13-4-2-1-3-12(13)14/h1-8,15H,9H2. The number of ether oxygens (including phenoxy) is 1. The maximum absolute atomic E-state index is 9.24. The third kappa shape index (κ3) is 1.37. The van der Waals surface area contributed by atoms with Crippen LogP contribution in [0, 0.1) is 0 Å². The van der Waals surface area contributed by atoms with E-state index in [-0.39, 0.29) is 5.75 Å². The molecular weight excluding hydrogens is 202 g/mol. The van der Waals surface area contributed by atoms with Crippen molar-refractivity contribution in [3.8, 4) is 11.5 Å². The van der Waals surface area contributed by atoms with Crippen LogP contribution in [-0.4, -0.2) is 11.8 Å². The van der Waals surface area contributed by atoms with Gasteiger partial charge in [-0.15, -0.1) is 0 Å². The van der Waals surface area contributed by atoms with E-state index in [0.717, 1.165) is 17.1 Å². The molecule has 0 bridgehead atoms. The van der Waals surface area contributed by atoms with E-state index in [0.29, 0.717) is 6.73 Å². The van der Waals surface area contributed by atoms with Crippen molar-refractivity contribution in [1.29, 1.82) is 0 Å². The van der Waals surface area contributed by atoms with Gasteiger partial charge in [0.05, 0.1) is 5.69 Å². The molecule has 0 amide bonds. The SMILES string of the molecule is Oc1ccc(N2COc3ccccc32)cc1. The molecule has 0 aromatic heterocycles. The lowest BCUT2D eigenvalue weighted by atomic mass is 10.2. The first-order valence-electron chi connectivity index (χ1n) is 5.13. The van der Waals surface area contributed by atoms with Crippen LogP contribution in [0.4, 0.5) is 11.4 Å². The van der Waals surface area contributed by atoms with Gasteiger partial charge in [0.25, 0.3) is 0 Å². The van der Waals surface area contributed by atoms with Crippen molar-refractivity contribution >= 4 is 11.4 Å². The van der Waals surface area contributed by atoms with Gasteiger partial charge in [-0.1, -0.05) is 12.1 Å². The van der Waals surface area contributed by atoms with Crippen molar-refractivity contribution in [3.63, 3.8) is 0 Å². The molecule has 0 radical (unpaired) electrons. The van der Waals surface area contributed by atoms with Crippen LogP contribution in [-0.2, 0) is 0 Å². The third-order valence-electron chi connectivity index (χ3n) is 2.67. The number of para-hydroxylation sites is 2. The Morgan fingerprint density at radius 2 is 1.75 bits per heavy atom. The number of hydrogen-bond donors (Lipinski definition) is 1. The topological polar surface area (TPSA) is 32.7 Å². The van der Waals surface area contributed by atoms with Gasteiger partial charge in [0.2, 0.25) is 0 Å². The predicted molar refractivity (Wildman–Crippen MR) is 62.2 cm³/mol. The molecule has 80 valence electrons. The summed E-state index contributed by atoms with van der Waals surface area (Å²) in [5, 5.41) is 9.24. The van der Waals surface area contributed by atoms with E-state index in [9.17, 15) is 5.11 Å². The Balaban J connectivity index is 2.01. The van der Waals surface area contributed by atoms with Gasteiger partial charge in [0, 0.05) is 5.69 Å². The van der Waals surface area contributed by atoms with Crippen molar-refractivity contribution in [2.45, 2.75) is 0 Å². The fourth-order valence-corrected chi connectivity index (χ4v) is 1.85. The molecule has 3 rings (SSSR count). The average molecular weight is 213 g/mol. The van der Waals surface area contributed by atoms with Crippen molar-refractivity contribution in [2.75, 3.05) is 11.6 Å². The summed E-state index contributed by atoms with van der Waals surface area (Å²) in [4.78, 5) is 2.06. The molecule has 3 nitrogen and oxygen atoms in total. The van der Waals surface area contributed by atoms with Crippen LogP contribution < -0.4 is 9.64 Å². The summed E-state index contributed by atoms with van der Waals surface area (Å²) >= 11 is 0. The summed E-state index contributed by atoms with van der Waals surface area (Å²) in [7, 11) is 0. The Bertz CT molecular complexity index is 508. The Kier molecular flexibility index (Phi) is 1.96. The molecule has 0 spiro atoms. The normalized spacial score (nSPS) is 13.4. The van der Waals surface area contributed by atoms with Gasteiger partial charge >= 0.3 is 0 Å². The van der Waals surface area contributed by atoms with Gasteiger partial charge in [-0.25, -0.2) is 0 Å². The molecule has 1 heterocycles. The zero-order valence-corrected chi connectivity index (χ0v) is 8.63. The van der Waals surface area contributed by atoms with Crippen LogP contribution in [0.25, 0.3) is 0 Å². The highest BCUT2D eigenvalue weighted by atomic mass is 16.5. The zero-order valence-electron chi connectivity index (χ0n) is 8.63. The van der Waals surface area contributed by atoms with Crippen molar-refractivity contribution < 1.29 is 9.84 Å². The highest BCUT2D eigenvalue weighted by molar-refractivity contribution is 5.71. The summed E-state index contributed by atoms with van der Waals surface area (Å²) in [5.41, 5.74) is 2.08. The molecule has 0 unspecified atom stereocenters. The lowest BCUT2D eigenvalue weighted by Crippen LogP contribution is -2.15. The maximum Gasteiger partial charge on any atom is 0.165 e. The van der Waals surface area contributed by atoms with Crippen molar-refractivity contribution in [1.82, 2.24) is 0 Å². The number of aromatic hydroxyl groups is 1. The van der Waals surface area contributed by atoms with Crippen molar-refractivity contribution in [2.24, 2.45) is 0 Å². The molecule has 1 N–H and O–H groups in total. The van der Waals surface area contributed by atoms with Gasteiger partial charge in [-0.2, -0.15) is 0 Å². The first kappa shape index (κ1) is 9.09. The molecule has 2 aromatic carbocycles. The minimum absolute atomic E-state index is 0.275. The van der Waals surface area contributed by atoms with E-state index in [2.05, 4.69) is 4.90 Å². The second-order valence-electron chi connectivity index (χ2n) is 3.69. The van der Waals surface area contributed by atoms with E-state index in [1.165, 1.54) is 0 Å². The average Bonchev–Trinajstić information content (AvgIpc) is 2.74. The molecule has 0 fully saturated rings. The van der Waals surface area contributed by atoms with Gasteiger partial charge in [-0.05, 0) is 36.4 Å². The highest BCUT2D eigenvalue weighted by Gasteiger charge is 2.20. The van der Waals surface area contributed by atoms with E-state index in [1.54, 1.807) is 12.1 Å². The Labute approximate surface area is 93.5 Å². The summed E-state index contributed by atoms with van der Waals surface area (Å²) in [6, 6.07) is 15.0. The Hall–Kier alpha value is -2.16. The van der Waals surface area contributed by atoms with Gasteiger partial charge in [0.1, 0.15) is 11.5 Å². The van der Waals surface area contributed by atoms with Crippen LogP contribution in [0.3, 0.4) is 0 Å².